The summed E-state index contributed by atoms with van der Waals surface area (Å²) in [5.41, 5.74) is 2.85. The Morgan fingerprint density at radius 3 is 2.36 bits per heavy atom. The lowest BCUT2D eigenvalue weighted by Crippen LogP contribution is -2.49. The summed E-state index contributed by atoms with van der Waals surface area (Å²) in [6.45, 7) is 2.13. The van der Waals surface area contributed by atoms with Crippen LogP contribution in [-0.4, -0.2) is 35.0 Å². The van der Waals surface area contributed by atoms with Crippen LogP contribution in [0.4, 0.5) is 0 Å². The summed E-state index contributed by atoms with van der Waals surface area (Å²) in [6, 6.07) is 14.2. The van der Waals surface area contributed by atoms with Crippen LogP contribution in [0.2, 0.25) is 0 Å². The zero-order valence-electron chi connectivity index (χ0n) is 14.3. The molecule has 25 heavy (non-hydrogen) atoms. The molecule has 0 unspecified atom stereocenters. The number of rotatable bonds is 4. The van der Waals surface area contributed by atoms with E-state index >= 15 is 0 Å². The van der Waals surface area contributed by atoms with Crippen molar-refractivity contribution >= 4 is 11.9 Å². The molecule has 5 heteroatoms. The standard InChI is InChI=1S/C20H21NO4/c1-13(14-7-9-17(25-2)10-8-14)19(22)21-12-16-6-4-3-5-15(16)11-18(21)20(23)24/h3-10,13,18H,11-12H2,1-2H3,(H,23,24)/t13-,18+/m0/s1. The first-order chi connectivity index (χ1) is 12.0. The maximum Gasteiger partial charge on any atom is 0.326 e. The predicted octanol–water partition coefficient (Wildman–Crippen LogP) is 2.84. The van der Waals surface area contributed by atoms with Crippen molar-refractivity contribution in [3.8, 4) is 5.75 Å². The molecule has 2 aromatic rings. The van der Waals surface area contributed by atoms with Gasteiger partial charge in [0.2, 0.25) is 5.91 Å². The van der Waals surface area contributed by atoms with Gasteiger partial charge in [-0.15, -0.1) is 0 Å². The van der Waals surface area contributed by atoms with E-state index in [9.17, 15) is 14.7 Å². The molecule has 1 aliphatic rings. The minimum Gasteiger partial charge on any atom is -0.497 e. The SMILES string of the molecule is COc1ccc([C@H](C)C(=O)N2Cc3ccccc3C[C@@H]2C(=O)O)cc1. The number of carbonyl (C=O) groups excluding carboxylic acids is 1. The van der Waals surface area contributed by atoms with E-state index in [-0.39, 0.29) is 5.91 Å². The van der Waals surface area contributed by atoms with Crippen LogP contribution < -0.4 is 4.74 Å². The van der Waals surface area contributed by atoms with E-state index in [1.165, 1.54) is 4.90 Å². The predicted molar refractivity (Wildman–Crippen MR) is 93.5 cm³/mol. The van der Waals surface area contributed by atoms with Gasteiger partial charge >= 0.3 is 5.97 Å². The van der Waals surface area contributed by atoms with Gasteiger partial charge in [0.05, 0.1) is 13.0 Å². The number of carbonyl (C=O) groups is 2. The average Bonchev–Trinajstić information content (AvgIpc) is 2.65. The summed E-state index contributed by atoms with van der Waals surface area (Å²) in [7, 11) is 1.59. The maximum atomic E-state index is 13.0. The van der Waals surface area contributed by atoms with Crippen LogP contribution in [0.15, 0.2) is 48.5 Å². The van der Waals surface area contributed by atoms with Crippen molar-refractivity contribution in [3.05, 3.63) is 65.2 Å². The number of carboxylic acid groups (broad SMARTS) is 1. The Morgan fingerprint density at radius 2 is 1.76 bits per heavy atom. The van der Waals surface area contributed by atoms with Gasteiger partial charge in [0.25, 0.3) is 0 Å². The fourth-order valence-corrected chi connectivity index (χ4v) is 3.26. The van der Waals surface area contributed by atoms with E-state index in [1.807, 2.05) is 43.3 Å². The smallest absolute Gasteiger partial charge is 0.326 e. The first-order valence-corrected chi connectivity index (χ1v) is 8.25. The zero-order chi connectivity index (χ0) is 18.0. The van der Waals surface area contributed by atoms with Gasteiger partial charge in [0, 0.05) is 13.0 Å². The number of fused-ring (bicyclic) bond motifs is 1. The molecule has 0 aliphatic carbocycles. The van der Waals surface area contributed by atoms with Gasteiger partial charge in [0.1, 0.15) is 11.8 Å². The molecule has 2 aromatic carbocycles. The molecule has 130 valence electrons. The Morgan fingerprint density at radius 1 is 1.12 bits per heavy atom. The Bertz CT molecular complexity index is 785. The molecular weight excluding hydrogens is 318 g/mol. The quantitative estimate of drug-likeness (QED) is 0.930. The molecule has 5 nitrogen and oxygen atoms in total. The molecule has 0 radical (unpaired) electrons. The number of hydrogen-bond acceptors (Lipinski definition) is 3. The molecular formula is C20H21NO4. The summed E-state index contributed by atoms with van der Waals surface area (Å²) in [6.07, 6.45) is 0.340. The van der Waals surface area contributed by atoms with Crippen molar-refractivity contribution in [2.45, 2.75) is 31.8 Å². The number of carboxylic acids is 1. The topological polar surface area (TPSA) is 66.8 Å². The van der Waals surface area contributed by atoms with Crippen LogP contribution in [-0.2, 0) is 22.6 Å². The monoisotopic (exact) mass is 339 g/mol. The lowest BCUT2D eigenvalue weighted by molar-refractivity contribution is -0.151. The van der Waals surface area contributed by atoms with Crippen molar-refractivity contribution in [2.24, 2.45) is 0 Å². The second-order valence-electron chi connectivity index (χ2n) is 6.29. The third-order valence-corrected chi connectivity index (χ3v) is 4.80. The number of methoxy groups -OCH3 is 1. The van der Waals surface area contributed by atoms with E-state index < -0.39 is 17.9 Å². The van der Waals surface area contributed by atoms with E-state index in [1.54, 1.807) is 19.2 Å². The van der Waals surface area contributed by atoms with E-state index in [2.05, 4.69) is 0 Å². The molecule has 2 atom stereocenters. The van der Waals surface area contributed by atoms with Gasteiger partial charge in [-0.25, -0.2) is 4.79 Å². The summed E-state index contributed by atoms with van der Waals surface area (Å²) < 4.78 is 5.14. The molecule has 0 saturated carbocycles. The molecule has 1 aliphatic heterocycles. The summed E-state index contributed by atoms with van der Waals surface area (Å²) in [5.74, 6) is -0.839. The summed E-state index contributed by atoms with van der Waals surface area (Å²) in [4.78, 5) is 26.2. The highest BCUT2D eigenvalue weighted by Gasteiger charge is 2.36. The molecule has 1 amide bonds. The van der Waals surface area contributed by atoms with Gasteiger partial charge < -0.3 is 14.7 Å². The largest absolute Gasteiger partial charge is 0.497 e. The van der Waals surface area contributed by atoms with Gasteiger partial charge in [0.15, 0.2) is 0 Å². The number of hydrogen-bond donors (Lipinski definition) is 1. The molecule has 1 N–H and O–H groups in total. The third-order valence-electron chi connectivity index (χ3n) is 4.80. The second kappa shape index (κ2) is 6.97. The first-order valence-electron chi connectivity index (χ1n) is 8.25. The normalized spacial score (nSPS) is 17.5. The minimum atomic E-state index is -0.968. The first kappa shape index (κ1) is 17.0. The molecule has 0 fully saturated rings. The highest BCUT2D eigenvalue weighted by molar-refractivity contribution is 5.88. The van der Waals surface area contributed by atoms with E-state index in [4.69, 9.17) is 4.74 Å². The van der Waals surface area contributed by atoms with Crippen LogP contribution in [0.5, 0.6) is 5.75 Å². The van der Waals surface area contributed by atoms with Crippen LogP contribution in [0, 0.1) is 0 Å². The molecule has 0 saturated heterocycles. The highest BCUT2D eigenvalue weighted by atomic mass is 16.5. The lowest BCUT2D eigenvalue weighted by Gasteiger charge is -2.36. The lowest BCUT2D eigenvalue weighted by atomic mass is 9.91. The maximum absolute atomic E-state index is 13.0. The Hall–Kier alpha value is -2.82. The van der Waals surface area contributed by atoms with Crippen LogP contribution in [0.3, 0.4) is 0 Å². The Labute approximate surface area is 146 Å². The molecule has 0 aromatic heterocycles. The zero-order valence-corrected chi connectivity index (χ0v) is 14.3. The van der Waals surface area contributed by atoms with Crippen molar-refractivity contribution < 1.29 is 19.4 Å². The number of ether oxygens (including phenoxy) is 1. The average molecular weight is 339 g/mol. The Balaban J connectivity index is 1.87. The number of nitrogens with zero attached hydrogens (tertiary/aromatic N) is 1. The van der Waals surface area contributed by atoms with Gasteiger partial charge in [-0.05, 0) is 35.7 Å². The third kappa shape index (κ3) is 3.36. The molecule has 3 rings (SSSR count). The number of aliphatic carboxylic acids is 1. The Kier molecular flexibility index (Phi) is 4.74. The molecule has 0 spiro atoms. The van der Waals surface area contributed by atoms with Crippen LogP contribution in [0.25, 0.3) is 0 Å². The fourth-order valence-electron chi connectivity index (χ4n) is 3.26. The minimum absolute atomic E-state index is 0.174. The van der Waals surface area contributed by atoms with Crippen molar-refractivity contribution in [1.82, 2.24) is 4.90 Å². The van der Waals surface area contributed by atoms with Crippen molar-refractivity contribution in [1.29, 1.82) is 0 Å². The highest BCUT2D eigenvalue weighted by Crippen LogP contribution is 2.28. The summed E-state index contributed by atoms with van der Waals surface area (Å²) >= 11 is 0. The molecule has 1 heterocycles. The van der Waals surface area contributed by atoms with Crippen LogP contribution >= 0.6 is 0 Å². The van der Waals surface area contributed by atoms with Crippen molar-refractivity contribution in [2.75, 3.05) is 7.11 Å². The second-order valence-corrected chi connectivity index (χ2v) is 6.29. The fraction of sp³-hybridized carbons (Fsp3) is 0.300. The van der Waals surface area contributed by atoms with E-state index in [0.717, 1.165) is 22.4 Å². The molecule has 0 bridgehead atoms. The van der Waals surface area contributed by atoms with Crippen molar-refractivity contribution in [3.63, 3.8) is 0 Å². The van der Waals surface area contributed by atoms with Gasteiger partial charge in [-0.3, -0.25) is 4.79 Å². The van der Waals surface area contributed by atoms with Crippen LogP contribution in [0.1, 0.15) is 29.5 Å². The number of benzene rings is 2. The summed E-state index contributed by atoms with van der Waals surface area (Å²) in [5, 5.41) is 9.59. The van der Waals surface area contributed by atoms with Gasteiger partial charge in [-0.1, -0.05) is 36.4 Å². The van der Waals surface area contributed by atoms with Gasteiger partial charge in [-0.2, -0.15) is 0 Å². The van der Waals surface area contributed by atoms with E-state index in [0.29, 0.717) is 13.0 Å². The number of amides is 1.